The Morgan fingerprint density at radius 1 is 1.25 bits per heavy atom. The van der Waals surface area contributed by atoms with E-state index in [2.05, 4.69) is 4.57 Å². The Balaban J connectivity index is 3.10. The largest absolute Gasteiger partial charge is 0.484 e. The fourth-order valence-electron chi connectivity index (χ4n) is 0.415. The number of hydrogen-bond donors (Lipinski definition) is 0. The number of hydrogen-bond acceptors (Lipinski definition) is 2. The predicted molar refractivity (Wildman–Crippen MR) is 37.0 cm³/mol. The summed E-state index contributed by atoms with van der Waals surface area (Å²) in [4.78, 5) is 0. The second-order valence-corrected chi connectivity index (χ2v) is 1.89. The quantitative estimate of drug-likeness (QED) is 0.491. The average molecular weight is 110 g/mol. The molecule has 0 N–H and O–H groups in total. The number of rotatable bonds is 3. The molecule has 0 fully saturated rings. The first kappa shape index (κ1) is 8.11. The summed E-state index contributed by atoms with van der Waals surface area (Å²) < 4.78 is 9.39. The summed E-state index contributed by atoms with van der Waals surface area (Å²) in [5, 5.41) is 0. The molecule has 0 unspecified atom stereocenters. The van der Waals surface area contributed by atoms with E-state index in [-0.39, 0.29) is 14.0 Å². The van der Waals surface area contributed by atoms with Gasteiger partial charge in [-0.3, -0.25) is 0 Å². The van der Waals surface area contributed by atoms with Crippen molar-refractivity contribution >= 4 is 22.1 Å². The Morgan fingerprint density at radius 2 is 1.75 bits per heavy atom. The smallest absolute Gasteiger partial charge is 0.422 e. The van der Waals surface area contributed by atoms with Crippen molar-refractivity contribution in [3.63, 3.8) is 0 Å². The molecule has 5 heteroatoms. The summed E-state index contributed by atoms with van der Waals surface area (Å²) in [5.41, 5.74) is 0. The van der Waals surface area contributed by atoms with Crippen LogP contribution >= 0.6 is 0 Å². The van der Waals surface area contributed by atoms with Crippen LogP contribution in [0.1, 0.15) is 0 Å². The highest BCUT2D eigenvalue weighted by atomic mass is 16.5. The van der Waals surface area contributed by atoms with E-state index in [0.29, 0.717) is 0 Å². The van der Waals surface area contributed by atoms with Crippen LogP contribution in [0, 0.1) is 0 Å². The minimum atomic E-state index is -0.296. The van der Waals surface area contributed by atoms with Crippen LogP contribution < -0.4 is 0 Å². The van der Waals surface area contributed by atoms with Crippen LogP contribution in [0.25, 0.3) is 0 Å². The molecule has 0 aliphatic carbocycles. The van der Waals surface area contributed by atoms with Crippen molar-refractivity contribution in [3.8, 4) is 0 Å². The van der Waals surface area contributed by atoms with Crippen LogP contribution in [0.2, 0.25) is 20.5 Å². The van der Waals surface area contributed by atoms with Gasteiger partial charge in [-0.05, 0) is 6.82 Å². The molecule has 0 aliphatic heterocycles. The zero-order chi connectivity index (χ0) is 6.57. The summed E-state index contributed by atoms with van der Waals surface area (Å²) in [6.45, 7) is 5.78. The van der Waals surface area contributed by atoms with Gasteiger partial charge in [0.05, 0.1) is 0 Å². The zero-order valence-corrected chi connectivity index (χ0v) is 5.55. The van der Waals surface area contributed by atoms with Crippen molar-refractivity contribution in [2.45, 2.75) is 20.5 Å². The van der Waals surface area contributed by atoms with Gasteiger partial charge in [-0.2, -0.15) is 0 Å². The third kappa shape index (κ3) is 4.28. The molecule has 0 aromatic heterocycles. The Hall–Kier alpha value is 0.115. The van der Waals surface area contributed by atoms with Gasteiger partial charge in [-0.25, -0.2) is 0 Å². The third-order valence-corrected chi connectivity index (χ3v) is 0.655. The van der Waals surface area contributed by atoms with E-state index in [1.807, 2.05) is 13.6 Å². The van der Waals surface area contributed by atoms with Gasteiger partial charge < -0.3 is 9.14 Å². The van der Waals surface area contributed by atoms with Crippen LogP contribution in [0.3, 0.4) is 0 Å². The maximum atomic E-state index is 5.05. The van der Waals surface area contributed by atoms with Crippen molar-refractivity contribution in [1.29, 1.82) is 0 Å². The first-order valence-corrected chi connectivity index (χ1v) is 2.67. The fraction of sp³-hybridized carbons (Fsp3) is 1.00. The molecule has 0 rings (SSSR count). The molecule has 0 atom stereocenters. The highest BCUT2D eigenvalue weighted by Crippen LogP contribution is 1.88. The summed E-state index contributed by atoms with van der Waals surface area (Å²) in [7, 11) is 4.50. The topological polar surface area (TPSA) is 18.5 Å². The highest BCUT2D eigenvalue weighted by molar-refractivity contribution is 6.62. The van der Waals surface area contributed by atoms with Crippen molar-refractivity contribution < 1.29 is 9.14 Å². The van der Waals surface area contributed by atoms with Crippen molar-refractivity contribution in [2.24, 2.45) is 0 Å². The Morgan fingerprint density at radius 3 is 1.88 bits per heavy atom. The fourth-order valence-corrected chi connectivity index (χ4v) is 0.415. The summed E-state index contributed by atoms with van der Waals surface area (Å²) >= 11 is 0. The van der Waals surface area contributed by atoms with Gasteiger partial charge in [0.1, 0.15) is 0 Å². The van der Waals surface area contributed by atoms with E-state index in [4.69, 9.17) is 12.6 Å². The lowest BCUT2D eigenvalue weighted by Gasteiger charge is -2.08. The lowest BCUT2D eigenvalue weighted by molar-refractivity contribution is 0.464. The monoisotopic (exact) mass is 110 g/mol. The second kappa shape index (κ2) is 4.04. The van der Waals surface area contributed by atoms with Gasteiger partial charge in [0, 0.05) is 0 Å². The first-order chi connectivity index (χ1) is 3.66. The van der Waals surface area contributed by atoms with Gasteiger partial charge in [-0.1, -0.05) is 13.6 Å². The van der Waals surface area contributed by atoms with Crippen LogP contribution in [0.5, 0.6) is 0 Å². The summed E-state index contributed by atoms with van der Waals surface area (Å²) in [5.74, 6) is 0. The summed E-state index contributed by atoms with van der Waals surface area (Å²) in [6.07, 6.45) is 0. The van der Waals surface area contributed by atoms with Crippen molar-refractivity contribution in [1.82, 2.24) is 0 Å². The molecule has 0 aromatic rings. The lowest BCUT2D eigenvalue weighted by Crippen LogP contribution is -2.23. The molecule has 42 valence electrons. The maximum absolute atomic E-state index is 5.05. The molecule has 8 heavy (non-hydrogen) atoms. The lowest BCUT2D eigenvalue weighted by atomic mass is 9.71. The molecule has 0 heterocycles. The molecule has 0 aromatic carbocycles. The van der Waals surface area contributed by atoms with Gasteiger partial charge in [-0.15, -0.1) is 0 Å². The first-order valence-electron chi connectivity index (χ1n) is 2.67. The minimum Gasteiger partial charge on any atom is -0.484 e. The third-order valence-electron chi connectivity index (χ3n) is 0.655. The van der Waals surface area contributed by atoms with E-state index in [0.717, 1.165) is 0 Å². The predicted octanol–water partition coefficient (Wildman–Crippen LogP) is 0.472. The summed E-state index contributed by atoms with van der Waals surface area (Å²) in [6, 6.07) is 0. The minimum absolute atomic E-state index is 0.175. The van der Waals surface area contributed by atoms with Crippen LogP contribution in [0.15, 0.2) is 0 Å². The molecular formula is C3H9B3O2. The van der Waals surface area contributed by atoms with E-state index in [1.54, 1.807) is 6.82 Å². The normalized spacial score (nSPS) is 8.88. The van der Waals surface area contributed by atoms with Gasteiger partial charge >= 0.3 is 7.12 Å². The van der Waals surface area contributed by atoms with E-state index in [1.165, 1.54) is 0 Å². The Bertz CT molecular complexity index is 58.5. The van der Waals surface area contributed by atoms with Gasteiger partial charge in [0.15, 0.2) is 0 Å². The van der Waals surface area contributed by atoms with Crippen LogP contribution in [-0.2, 0) is 9.14 Å². The van der Waals surface area contributed by atoms with Crippen molar-refractivity contribution in [3.05, 3.63) is 0 Å². The van der Waals surface area contributed by atoms with Gasteiger partial charge in [0.25, 0.3) is 15.0 Å². The molecule has 0 saturated carbocycles. The maximum Gasteiger partial charge on any atom is 0.422 e. The van der Waals surface area contributed by atoms with E-state index < -0.39 is 0 Å². The molecule has 0 saturated heterocycles. The molecular weight excluding hydrogens is 100 g/mol. The average Bonchev–Trinajstić information content (AvgIpc) is 1.65. The van der Waals surface area contributed by atoms with Crippen molar-refractivity contribution in [2.75, 3.05) is 0 Å². The Labute approximate surface area is 52.6 Å². The molecule has 2 nitrogen and oxygen atoms in total. The zero-order valence-electron chi connectivity index (χ0n) is 5.55. The molecule has 0 spiro atoms. The van der Waals surface area contributed by atoms with E-state index >= 15 is 0 Å². The SMILES string of the molecule is [B]OB(C)OB(C)C. The van der Waals surface area contributed by atoms with Crippen LogP contribution in [-0.4, -0.2) is 22.1 Å². The van der Waals surface area contributed by atoms with E-state index in [9.17, 15) is 0 Å². The standard InChI is InChI=1S/C3H9B3O2/c1-5(2)8-6(3)7-4/h1-3H3. The second-order valence-electron chi connectivity index (χ2n) is 1.89. The highest BCUT2D eigenvalue weighted by Gasteiger charge is 2.09. The molecule has 0 bridgehead atoms. The molecule has 0 amide bonds. The molecule has 2 radical (unpaired) electrons. The van der Waals surface area contributed by atoms with Gasteiger partial charge in [0.2, 0.25) is 0 Å². The molecule has 0 aliphatic rings. The van der Waals surface area contributed by atoms with Crippen LogP contribution in [0.4, 0.5) is 0 Å². The Kier molecular flexibility index (Phi) is 4.10.